The van der Waals surface area contributed by atoms with E-state index in [9.17, 15) is 22.8 Å². The van der Waals surface area contributed by atoms with E-state index in [1.54, 1.807) is 11.7 Å². The van der Waals surface area contributed by atoms with Gasteiger partial charge in [-0.2, -0.15) is 5.10 Å². The zero-order valence-corrected chi connectivity index (χ0v) is 17.9. The summed E-state index contributed by atoms with van der Waals surface area (Å²) in [7, 11) is 1.80. The molecular formula is C20H21ClF3N5O3. The van der Waals surface area contributed by atoms with Gasteiger partial charge in [-0.3, -0.25) is 19.3 Å². The van der Waals surface area contributed by atoms with Gasteiger partial charge < -0.3 is 10.1 Å². The highest BCUT2D eigenvalue weighted by Crippen LogP contribution is 2.27. The summed E-state index contributed by atoms with van der Waals surface area (Å²) in [4.78, 5) is 28.9. The van der Waals surface area contributed by atoms with Gasteiger partial charge in [-0.1, -0.05) is 11.6 Å². The van der Waals surface area contributed by atoms with Crippen LogP contribution in [-0.4, -0.2) is 70.8 Å². The van der Waals surface area contributed by atoms with Crippen molar-refractivity contribution in [1.82, 2.24) is 19.6 Å². The Morgan fingerprint density at radius 2 is 2.16 bits per heavy atom. The van der Waals surface area contributed by atoms with E-state index in [4.69, 9.17) is 16.3 Å². The molecule has 2 aliphatic rings. The van der Waals surface area contributed by atoms with Gasteiger partial charge in [0, 0.05) is 31.7 Å². The van der Waals surface area contributed by atoms with Gasteiger partial charge in [0.25, 0.3) is 12.3 Å². The maximum Gasteiger partial charge on any atom is 0.328 e. The van der Waals surface area contributed by atoms with Gasteiger partial charge in [0.2, 0.25) is 0 Å². The Morgan fingerprint density at radius 3 is 2.88 bits per heavy atom. The molecule has 0 bridgehead atoms. The van der Waals surface area contributed by atoms with E-state index in [2.05, 4.69) is 10.4 Å². The molecule has 2 aromatic rings. The molecule has 32 heavy (non-hydrogen) atoms. The first kappa shape index (κ1) is 22.6. The topological polar surface area (TPSA) is 79.7 Å². The summed E-state index contributed by atoms with van der Waals surface area (Å²) >= 11 is 5.75. The van der Waals surface area contributed by atoms with Crippen LogP contribution >= 0.6 is 11.6 Å². The minimum atomic E-state index is -2.57. The molecule has 0 fully saturated rings. The van der Waals surface area contributed by atoms with Crippen LogP contribution in [0, 0.1) is 5.82 Å². The van der Waals surface area contributed by atoms with E-state index in [1.807, 2.05) is 4.90 Å². The first-order valence-corrected chi connectivity index (χ1v) is 10.4. The van der Waals surface area contributed by atoms with E-state index in [0.29, 0.717) is 36.5 Å². The summed E-state index contributed by atoms with van der Waals surface area (Å²) < 4.78 is 45.4. The van der Waals surface area contributed by atoms with E-state index in [0.717, 1.165) is 11.0 Å². The van der Waals surface area contributed by atoms with Crippen LogP contribution in [0.3, 0.4) is 0 Å². The number of halogens is 4. The Bertz CT molecular complexity index is 1050. The molecule has 3 amide bonds. The molecule has 12 heteroatoms. The van der Waals surface area contributed by atoms with Gasteiger partial charge in [-0.05, 0) is 25.2 Å². The minimum Gasteiger partial charge on any atom is -0.369 e. The third-order valence-corrected chi connectivity index (χ3v) is 5.64. The molecule has 1 aromatic carbocycles. The van der Waals surface area contributed by atoms with E-state index in [-0.39, 0.29) is 23.8 Å². The number of amides is 3. The summed E-state index contributed by atoms with van der Waals surface area (Å²) in [6, 6.07) is 3.06. The van der Waals surface area contributed by atoms with Crippen LogP contribution in [0.15, 0.2) is 18.2 Å². The zero-order valence-electron chi connectivity index (χ0n) is 17.2. The van der Waals surface area contributed by atoms with E-state index in [1.165, 1.54) is 12.1 Å². The lowest BCUT2D eigenvalue weighted by atomic mass is 10.0. The largest absolute Gasteiger partial charge is 0.369 e. The quantitative estimate of drug-likeness (QED) is 0.741. The van der Waals surface area contributed by atoms with Crippen molar-refractivity contribution in [1.29, 1.82) is 0 Å². The van der Waals surface area contributed by atoms with E-state index < -0.39 is 36.9 Å². The second-order valence-corrected chi connectivity index (χ2v) is 8.17. The molecule has 1 aromatic heterocycles. The molecule has 0 radical (unpaired) electrons. The van der Waals surface area contributed by atoms with Gasteiger partial charge in [0.1, 0.15) is 12.4 Å². The lowest BCUT2D eigenvalue weighted by Gasteiger charge is -2.26. The Balaban J connectivity index is 1.54. The lowest BCUT2D eigenvalue weighted by molar-refractivity contribution is -0.0379. The van der Waals surface area contributed by atoms with Crippen LogP contribution in [0.4, 0.5) is 23.7 Å². The number of hydrogen-bond donors (Lipinski definition) is 1. The Labute approximate surface area is 186 Å². The highest BCUT2D eigenvalue weighted by Gasteiger charge is 2.36. The van der Waals surface area contributed by atoms with Gasteiger partial charge in [-0.15, -0.1) is 0 Å². The average Bonchev–Trinajstić information content (AvgIpc) is 2.98. The molecule has 0 aliphatic carbocycles. The number of carbonyl (C=O) groups excluding carboxylic acids is 2. The number of rotatable bonds is 4. The first-order chi connectivity index (χ1) is 15.2. The molecule has 2 aliphatic heterocycles. The molecule has 0 spiro atoms. The van der Waals surface area contributed by atoms with Crippen LogP contribution in [0.1, 0.15) is 21.7 Å². The number of anilines is 1. The molecule has 1 N–H and O–H groups in total. The number of nitrogens with zero attached hydrogens (tertiary/aromatic N) is 4. The molecule has 172 valence electrons. The maximum atomic E-state index is 13.4. The van der Waals surface area contributed by atoms with Gasteiger partial charge >= 0.3 is 6.03 Å². The zero-order chi connectivity index (χ0) is 23.0. The summed E-state index contributed by atoms with van der Waals surface area (Å²) in [6.45, 7) is 0.423. The standard InChI is InChI=1S/C20H21ClF3N5O3/c1-27-7-12(32-10-17(23)24)8-29-16(9-27)18-15(26-29)4-5-28(19(18)30)20(31)25-11-2-3-14(22)13(21)6-11/h2-3,6,12,17H,4-5,7-10H2,1H3,(H,25,31). The summed E-state index contributed by atoms with van der Waals surface area (Å²) in [5.41, 5.74) is 1.76. The summed E-state index contributed by atoms with van der Waals surface area (Å²) in [5, 5.41) is 6.90. The Hall–Kier alpha value is -2.63. The number of hydrogen-bond acceptors (Lipinski definition) is 5. The van der Waals surface area contributed by atoms with Crippen molar-refractivity contribution in [2.45, 2.75) is 32.0 Å². The fraction of sp³-hybridized carbons (Fsp3) is 0.450. The third-order valence-electron chi connectivity index (χ3n) is 5.35. The SMILES string of the molecule is CN1Cc2c3c(nn2CC(OCC(F)F)C1)CCN(C(=O)Nc1ccc(F)c(Cl)c1)C3=O. The number of carbonyl (C=O) groups is 2. The number of ether oxygens (including phenoxy) is 1. The van der Waals surface area contributed by atoms with Crippen molar-refractivity contribution in [3.05, 3.63) is 46.0 Å². The van der Waals surface area contributed by atoms with Crippen LogP contribution < -0.4 is 5.32 Å². The molecule has 0 saturated carbocycles. The number of imide groups is 1. The molecule has 4 rings (SSSR count). The van der Waals surface area contributed by atoms with Gasteiger partial charge in [0.05, 0.1) is 34.6 Å². The monoisotopic (exact) mass is 471 g/mol. The number of aromatic nitrogens is 2. The maximum absolute atomic E-state index is 13.4. The highest BCUT2D eigenvalue weighted by atomic mass is 35.5. The third kappa shape index (κ3) is 4.59. The van der Waals surface area contributed by atoms with Crippen molar-refractivity contribution in [3.8, 4) is 0 Å². The van der Waals surface area contributed by atoms with E-state index >= 15 is 0 Å². The normalized spacial score (nSPS) is 19.0. The minimum absolute atomic E-state index is 0.115. The van der Waals surface area contributed by atoms with Crippen LogP contribution in [-0.2, 0) is 24.2 Å². The van der Waals surface area contributed by atoms with Crippen LogP contribution in [0.25, 0.3) is 0 Å². The summed E-state index contributed by atoms with van der Waals surface area (Å²) in [6.07, 6.45) is -2.72. The van der Waals surface area contributed by atoms with Gasteiger partial charge in [0.15, 0.2) is 0 Å². The van der Waals surface area contributed by atoms with Crippen molar-refractivity contribution in [3.63, 3.8) is 0 Å². The number of nitrogens with one attached hydrogen (secondary N) is 1. The van der Waals surface area contributed by atoms with Crippen LogP contribution in [0.2, 0.25) is 5.02 Å². The lowest BCUT2D eigenvalue weighted by Crippen LogP contribution is -2.44. The number of benzene rings is 1. The van der Waals surface area contributed by atoms with Crippen molar-refractivity contribution in [2.75, 3.05) is 32.1 Å². The Morgan fingerprint density at radius 1 is 1.38 bits per heavy atom. The Kier molecular flexibility index (Phi) is 6.40. The van der Waals surface area contributed by atoms with Crippen molar-refractivity contribution >= 4 is 29.2 Å². The smallest absolute Gasteiger partial charge is 0.328 e. The number of fused-ring (bicyclic) bond motifs is 3. The van der Waals surface area contributed by atoms with Crippen LogP contribution in [0.5, 0.6) is 0 Å². The predicted octanol–water partition coefficient (Wildman–Crippen LogP) is 3.00. The number of likely N-dealkylation sites (N-methyl/N-ethyl adjacent to an activating group) is 1. The molecule has 3 heterocycles. The number of urea groups is 1. The highest BCUT2D eigenvalue weighted by molar-refractivity contribution is 6.31. The molecule has 1 unspecified atom stereocenters. The number of alkyl halides is 2. The molecule has 8 nitrogen and oxygen atoms in total. The van der Waals surface area contributed by atoms with Crippen molar-refractivity contribution < 1.29 is 27.5 Å². The second kappa shape index (κ2) is 9.08. The average molecular weight is 472 g/mol. The van der Waals surface area contributed by atoms with Crippen molar-refractivity contribution in [2.24, 2.45) is 0 Å². The predicted molar refractivity (Wildman–Crippen MR) is 109 cm³/mol. The first-order valence-electron chi connectivity index (χ1n) is 9.97. The van der Waals surface area contributed by atoms with Gasteiger partial charge in [-0.25, -0.2) is 18.0 Å². The molecular weight excluding hydrogens is 451 g/mol. The molecule has 0 saturated heterocycles. The molecule has 1 atom stereocenters. The summed E-state index contributed by atoms with van der Waals surface area (Å²) in [5.74, 6) is -1.12. The fourth-order valence-electron chi connectivity index (χ4n) is 3.93. The fourth-order valence-corrected chi connectivity index (χ4v) is 4.11. The second-order valence-electron chi connectivity index (χ2n) is 7.76.